The number of thiophene rings is 1. The maximum atomic E-state index is 12.5. The first-order valence-corrected chi connectivity index (χ1v) is 7.06. The number of esters is 1. The Balaban J connectivity index is 2.14. The maximum absolute atomic E-state index is 12.5. The number of carbonyl (C=O) groups excluding carboxylic acids is 2. The number of hydrogen-bond donors (Lipinski definition) is 0. The normalized spacial score (nSPS) is 12.0. The van der Waals surface area contributed by atoms with Gasteiger partial charge in [0.2, 0.25) is 0 Å². The van der Waals surface area contributed by atoms with Crippen molar-refractivity contribution >= 4 is 23.2 Å². The van der Waals surface area contributed by atoms with E-state index in [1.165, 1.54) is 34.4 Å². The van der Waals surface area contributed by atoms with Gasteiger partial charge in [0.25, 0.3) is 5.91 Å². The first kappa shape index (κ1) is 15.1. The SMILES string of the molecule is COC(=O)C(C)CN(C)C(=O)c1sccc1-n1cnnn1. The van der Waals surface area contributed by atoms with E-state index in [1.807, 2.05) is 0 Å². The van der Waals surface area contributed by atoms with Crippen molar-refractivity contribution in [1.82, 2.24) is 25.1 Å². The van der Waals surface area contributed by atoms with Crippen LogP contribution in [0.4, 0.5) is 0 Å². The number of amides is 1. The highest BCUT2D eigenvalue weighted by molar-refractivity contribution is 7.12. The molecule has 21 heavy (non-hydrogen) atoms. The molecule has 112 valence electrons. The summed E-state index contributed by atoms with van der Waals surface area (Å²) in [5.41, 5.74) is 0.618. The van der Waals surface area contributed by atoms with Crippen LogP contribution < -0.4 is 0 Å². The van der Waals surface area contributed by atoms with E-state index < -0.39 is 0 Å². The zero-order valence-corrected chi connectivity index (χ0v) is 12.7. The minimum atomic E-state index is -0.389. The van der Waals surface area contributed by atoms with E-state index in [4.69, 9.17) is 0 Å². The van der Waals surface area contributed by atoms with Crippen LogP contribution in [0.1, 0.15) is 16.6 Å². The van der Waals surface area contributed by atoms with Gasteiger partial charge in [-0.2, -0.15) is 4.68 Å². The number of rotatable bonds is 5. The van der Waals surface area contributed by atoms with Crippen LogP contribution in [0.3, 0.4) is 0 Å². The van der Waals surface area contributed by atoms with Gasteiger partial charge in [0.15, 0.2) is 0 Å². The first-order chi connectivity index (χ1) is 10.0. The van der Waals surface area contributed by atoms with Crippen LogP contribution in [0, 0.1) is 5.92 Å². The fourth-order valence-corrected chi connectivity index (χ4v) is 2.73. The number of methoxy groups -OCH3 is 1. The van der Waals surface area contributed by atoms with Gasteiger partial charge in [-0.05, 0) is 21.9 Å². The van der Waals surface area contributed by atoms with Crippen LogP contribution in [-0.4, -0.2) is 57.7 Å². The fraction of sp³-hybridized carbons (Fsp3) is 0.417. The Bertz CT molecular complexity index is 625. The van der Waals surface area contributed by atoms with Crippen molar-refractivity contribution in [3.05, 3.63) is 22.7 Å². The first-order valence-electron chi connectivity index (χ1n) is 6.18. The molecule has 0 N–H and O–H groups in total. The molecule has 9 heteroatoms. The van der Waals surface area contributed by atoms with Crippen molar-refractivity contribution in [3.63, 3.8) is 0 Å². The second-order valence-electron chi connectivity index (χ2n) is 4.50. The third-order valence-electron chi connectivity index (χ3n) is 2.93. The number of tetrazole rings is 1. The van der Waals surface area contributed by atoms with Crippen LogP contribution >= 0.6 is 11.3 Å². The molecule has 0 aliphatic heterocycles. The molecule has 0 spiro atoms. The lowest BCUT2D eigenvalue weighted by Crippen LogP contribution is -2.34. The molecule has 0 fully saturated rings. The summed E-state index contributed by atoms with van der Waals surface area (Å²) in [6.45, 7) is 1.99. The summed E-state index contributed by atoms with van der Waals surface area (Å²) in [6.07, 6.45) is 1.43. The Morgan fingerprint density at radius 2 is 2.29 bits per heavy atom. The smallest absolute Gasteiger partial charge is 0.310 e. The van der Waals surface area contributed by atoms with Crippen molar-refractivity contribution in [2.75, 3.05) is 20.7 Å². The van der Waals surface area contributed by atoms with Crippen LogP contribution in [0.25, 0.3) is 5.69 Å². The number of hydrogen-bond acceptors (Lipinski definition) is 7. The zero-order chi connectivity index (χ0) is 15.4. The van der Waals surface area contributed by atoms with Crippen LogP contribution in [0.5, 0.6) is 0 Å². The summed E-state index contributed by atoms with van der Waals surface area (Å²) in [5.74, 6) is -0.923. The van der Waals surface area contributed by atoms with E-state index in [2.05, 4.69) is 20.3 Å². The minimum Gasteiger partial charge on any atom is -0.469 e. The molecule has 2 rings (SSSR count). The van der Waals surface area contributed by atoms with Gasteiger partial charge in [0.05, 0.1) is 18.7 Å². The summed E-state index contributed by atoms with van der Waals surface area (Å²) >= 11 is 1.30. The second-order valence-corrected chi connectivity index (χ2v) is 5.42. The highest BCUT2D eigenvalue weighted by Gasteiger charge is 2.23. The largest absolute Gasteiger partial charge is 0.469 e. The molecule has 0 aliphatic rings. The highest BCUT2D eigenvalue weighted by atomic mass is 32.1. The maximum Gasteiger partial charge on any atom is 0.310 e. The van der Waals surface area contributed by atoms with Gasteiger partial charge in [0, 0.05) is 13.6 Å². The van der Waals surface area contributed by atoms with Crippen LogP contribution in [0.2, 0.25) is 0 Å². The Kier molecular flexibility index (Phi) is 4.63. The van der Waals surface area contributed by atoms with Crippen molar-refractivity contribution in [2.24, 2.45) is 5.92 Å². The molecular formula is C12H15N5O3S. The molecular weight excluding hydrogens is 294 g/mol. The highest BCUT2D eigenvalue weighted by Crippen LogP contribution is 2.22. The van der Waals surface area contributed by atoms with Gasteiger partial charge in [-0.25, -0.2) is 0 Å². The average Bonchev–Trinajstić information content (AvgIpc) is 3.15. The predicted octanol–water partition coefficient (Wildman–Crippen LogP) is 0.605. The summed E-state index contributed by atoms with van der Waals surface area (Å²) in [6, 6.07) is 1.77. The number of carbonyl (C=O) groups is 2. The summed E-state index contributed by atoms with van der Waals surface area (Å²) < 4.78 is 6.09. The van der Waals surface area contributed by atoms with Gasteiger partial charge < -0.3 is 9.64 Å². The van der Waals surface area contributed by atoms with Gasteiger partial charge in [-0.3, -0.25) is 9.59 Å². The van der Waals surface area contributed by atoms with E-state index in [0.717, 1.165) is 0 Å². The molecule has 1 atom stereocenters. The van der Waals surface area contributed by atoms with Gasteiger partial charge in [-0.15, -0.1) is 16.4 Å². The van der Waals surface area contributed by atoms with Crippen molar-refractivity contribution in [3.8, 4) is 5.69 Å². The van der Waals surface area contributed by atoms with Gasteiger partial charge in [-0.1, -0.05) is 6.92 Å². The molecule has 2 heterocycles. The van der Waals surface area contributed by atoms with Crippen molar-refractivity contribution in [1.29, 1.82) is 0 Å². The lowest BCUT2D eigenvalue weighted by Gasteiger charge is -2.20. The third kappa shape index (κ3) is 3.24. The summed E-state index contributed by atoms with van der Waals surface area (Å²) in [5, 5.41) is 12.7. The molecule has 0 saturated carbocycles. The van der Waals surface area contributed by atoms with Crippen molar-refractivity contribution in [2.45, 2.75) is 6.92 Å². The Morgan fingerprint density at radius 1 is 1.52 bits per heavy atom. The zero-order valence-electron chi connectivity index (χ0n) is 11.9. The monoisotopic (exact) mass is 309 g/mol. The fourth-order valence-electron chi connectivity index (χ4n) is 1.86. The lowest BCUT2D eigenvalue weighted by atomic mass is 10.1. The molecule has 0 bridgehead atoms. The van der Waals surface area contributed by atoms with E-state index >= 15 is 0 Å². The Hall–Kier alpha value is -2.29. The molecule has 1 amide bonds. The van der Waals surface area contributed by atoms with E-state index in [9.17, 15) is 9.59 Å². The quantitative estimate of drug-likeness (QED) is 0.751. The molecule has 1 unspecified atom stereocenters. The topological polar surface area (TPSA) is 90.2 Å². The molecule has 2 aromatic heterocycles. The molecule has 0 saturated heterocycles. The number of aromatic nitrogens is 4. The molecule has 8 nitrogen and oxygen atoms in total. The van der Waals surface area contributed by atoms with Crippen molar-refractivity contribution < 1.29 is 14.3 Å². The van der Waals surface area contributed by atoms with E-state index in [-0.39, 0.29) is 24.3 Å². The Morgan fingerprint density at radius 3 is 2.90 bits per heavy atom. The molecule has 0 aliphatic carbocycles. The second kappa shape index (κ2) is 6.44. The Labute approximate surface area is 125 Å². The number of ether oxygens (including phenoxy) is 1. The van der Waals surface area contributed by atoms with Crippen LogP contribution in [-0.2, 0) is 9.53 Å². The van der Waals surface area contributed by atoms with E-state index in [1.54, 1.807) is 25.4 Å². The van der Waals surface area contributed by atoms with Gasteiger partial charge in [0.1, 0.15) is 11.2 Å². The summed E-state index contributed by atoms with van der Waals surface area (Å²) in [7, 11) is 2.97. The van der Waals surface area contributed by atoms with E-state index in [0.29, 0.717) is 10.6 Å². The summed E-state index contributed by atoms with van der Waals surface area (Å²) in [4.78, 5) is 25.9. The minimum absolute atomic E-state index is 0.189. The lowest BCUT2D eigenvalue weighted by molar-refractivity contribution is -0.145. The average molecular weight is 309 g/mol. The standard InChI is InChI=1S/C12H15N5O3S/c1-8(12(19)20-3)6-16(2)11(18)10-9(4-5-21-10)17-7-13-14-15-17/h4-5,7-8H,6H2,1-3H3. The van der Waals surface area contributed by atoms with Gasteiger partial charge >= 0.3 is 5.97 Å². The van der Waals surface area contributed by atoms with Crippen LogP contribution in [0.15, 0.2) is 17.8 Å². The molecule has 2 aromatic rings. The molecule has 0 aromatic carbocycles. The molecule has 0 radical (unpaired) electrons. The third-order valence-corrected chi connectivity index (χ3v) is 3.82. The predicted molar refractivity (Wildman–Crippen MR) is 75.2 cm³/mol. The number of nitrogens with zero attached hydrogens (tertiary/aromatic N) is 5.